The Bertz CT molecular complexity index is 746. The first-order chi connectivity index (χ1) is 9.24. The molecule has 4 nitrogen and oxygen atoms in total. The maximum atomic E-state index is 5.82. The summed E-state index contributed by atoms with van der Waals surface area (Å²) in [6, 6.07) is 13.1. The van der Waals surface area contributed by atoms with Crippen LogP contribution in [-0.4, -0.2) is 9.97 Å². The number of anilines is 1. The van der Waals surface area contributed by atoms with Crippen molar-refractivity contribution in [1.29, 1.82) is 0 Å². The molecule has 1 aromatic heterocycles. The van der Waals surface area contributed by atoms with Crippen LogP contribution < -0.4 is 10.5 Å². The summed E-state index contributed by atoms with van der Waals surface area (Å²) in [7, 11) is 0. The molecule has 94 valence electrons. The number of nitrogens with zero attached hydrogens (tertiary/aromatic N) is 2. The van der Waals surface area contributed by atoms with Crippen molar-refractivity contribution in [3.05, 3.63) is 53.3 Å². The number of rotatable bonds is 2. The summed E-state index contributed by atoms with van der Waals surface area (Å²) >= 11 is 3.44. The molecule has 0 saturated heterocycles. The van der Waals surface area contributed by atoms with Crippen molar-refractivity contribution < 1.29 is 4.74 Å². The van der Waals surface area contributed by atoms with E-state index >= 15 is 0 Å². The Hall–Kier alpha value is -2.14. The summed E-state index contributed by atoms with van der Waals surface area (Å²) < 4.78 is 6.70. The molecule has 0 amide bonds. The molecule has 1 heterocycles. The molecule has 0 atom stereocenters. The van der Waals surface area contributed by atoms with Crippen LogP contribution >= 0.6 is 15.9 Å². The van der Waals surface area contributed by atoms with E-state index in [2.05, 4.69) is 25.9 Å². The van der Waals surface area contributed by atoms with E-state index in [9.17, 15) is 0 Å². The van der Waals surface area contributed by atoms with Gasteiger partial charge in [-0.3, -0.25) is 0 Å². The zero-order valence-corrected chi connectivity index (χ0v) is 11.5. The molecule has 0 aliphatic carbocycles. The summed E-state index contributed by atoms with van der Waals surface area (Å²) in [4.78, 5) is 8.36. The predicted octanol–water partition coefficient (Wildman–Crippen LogP) is 3.77. The molecule has 0 radical (unpaired) electrons. The maximum absolute atomic E-state index is 5.82. The van der Waals surface area contributed by atoms with Crippen molar-refractivity contribution in [1.82, 2.24) is 9.97 Å². The normalized spacial score (nSPS) is 10.6. The second-order valence-corrected chi connectivity index (χ2v) is 4.84. The molecule has 0 spiro atoms. The van der Waals surface area contributed by atoms with Crippen molar-refractivity contribution in [2.75, 3.05) is 5.73 Å². The van der Waals surface area contributed by atoms with Crippen molar-refractivity contribution in [2.45, 2.75) is 0 Å². The van der Waals surface area contributed by atoms with Gasteiger partial charge in [-0.25, -0.2) is 9.97 Å². The van der Waals surface area contributed by atoms with Crippen molar-refractivity contribution in [3.8, 4) is 11.6 Å². The van der Waals surface area contributed by atoms with Crippen LogP contribution in [0.1, 0.15) is 0 Å². The summed E-state index contributed by atoms with van der Waals surface area (Å²) in [5, 5.41) is 0.826. The number of halogens is 1. The molecule has 3 aromatic rings. The highest BCUT2D eigenvalue weighted by Gasteiger charge is 2.08. The SMILES string of the molecule is Nc1ccc2c(Oc3ccccc3Br)ncnc2c1. The average Bonchev–Trinajstić information content (AvgIpc) is 2.41. The van der Waals surface area contributed by atoms with E-state index in [1.807, 2.05) is 30.3 Å². The summed E-state index contributed by atoms with van der Waals surface area (Å²) in [6.07, 6.45) is 1.47. The van der Waals surface area contributed by atoms with Gasteiger partial charge in [0.2, 0.25) is 5.88 Å². The summed E-state index contributed by atoms with van der Waals surface area (Å²) in [5.74, 6) is 1.22. The lowest BCUT2D eigenvalue weighted by molar-refractivity contribution is 0.465. The number of benzene rings is 2. The van der Waals surface area contributed by atoms with Gasteiger partial charge in [0.25, 0.3) is 0 Å². The smallest absolute Gasteiger partial charge is 0.230 e. The van der Waals surface area contributed by atoms with Crippen LogP contribution in [0.3, 0.4) is 0 Å². The molecule has 2 aromatic carbocycles. The van der Waals surface area contributed by atoms with Gasteiger partial charge in [-0.15, -0.1) is 0 Å². The molecule has 0 unspecified atom stereocenters. The number of fused-ring (bicyclic) bond motifs is 1. The van der Waals surface area contributed by atoms with E-state index in [0.717, 1.165) is 15.4 Å². The molecule has 0 saturated carbocycles. The van der Waals surface area contributed by atoms with Crippen LogP contribution in [0.2, 0.25) is 0 Å². The van der Waals surface area contributed by atoms with Crippen molar-refractivity contribution in [3.63, 3.8) is 0 Å². The summed E-state index contributed by atoms with van der Waals surface area (Å²) in [6.45, 7) is 0. The van der Waals surface area contributed by atoms with E-state index in [-0.39, 0.29) is 0 Å². The molecule has 19 heavy (non-hydrogen) atoms. The molecule has 0 aliphatic heterocycles. The van der Waals surface area contributed by atoms with Gasteiger partial charge in [-0.1, -0.05) is 12.1 Å². The van der Waals surface area contributed by atoms with E-state index in [0.29, 0.717) is 17.3 Å². The van der Waals surface area contributed by atoms with Gasteiger partial charge >= 0.3 is 0 Å². The van der Waals surface area contributed by atoms with Gasteiger partial charge in [-0.2, -0.15) is 0 Å². The maximum Gasteiger partial charge on any atom is 0.230 e. The number of nitrogen functional groups attached to an aromatic ring is 1. The molecular formula is C14H10BrN3O. The first kappa shape index (κ1) is 11.9. The van der Waals surface area contributed by atoms with Crippen molar-refractivity contribution >= 4 is 32.5 Å². The Morgan fingerprint density at radius 2 is 1.89 bits per heavy atom. The Balaban J connectivity index is 2.09. The third kappa shape index (κ3) is 2.37. The number of para-hydroxylation sites is 1. The van der Waals surface area contributed by atoms with E-state index < -0.39 is 0 Å². The number of nitrogens with two attached hydrogens (primary N) is 1. The van der Waals surface area contributed by atoms with Gasteiger partial charge in [0.05, 0.1) is 15.4 Å². The lowest BCUT2D eigenvalue weighted by Crippen LogP contribution is -1.93. The van der Waals surface area contributed by atoms with Gasteiger partial charge in [0.1, 0.15) is 12.1 Å². The Morgan fingerprint density at radius 1 is 1.05 bits per heavy atom. The minimum atomic E-state index is 0.511. The van der Waals surface area contributed by atoms with E-state index in [4.69, 9.17) is 10.5 Å². The lowest BCUT2D eigenvalue weighted by Gasteiger charge is -2.08. The molecule has 0 fully saturated rings. The molecule has 0 aliphatic rings. The lowest BCUT2D eigenvalue weighted by atomic mass is 10.2. The van der Waals surface area contributed by atoms with Crippen LogP contribution in [0, 0.1) is 0 Å². The van der Waals surface area contributed by atoms with E-state index in [1.54, 1.807) is 12.1 Å². The average molecular weight is 316 g/mol. The third-order valence-electron chi connectivity index (χ3n) is 2.67. The number of hydrogen-bond donors (Lipinski definition) is 1. The number of ether oxygens (including phenoxy) is 1. The Kier molecular flexibility index (Phi) is 3.05. The largest absolute Gasteiger partial charge is 0.437 e. The van der Waals surface area contributed by atoms with Crippen LogP contribution in [-0.2, 0) is 0 Å². The van der Waals surface area contributed by atoms with Crippen LogP contribution in [0.5, 0.6) is 11.6 Å². The minimum Gasteiger partial charge on any atom is -0.437 e. The zero-order chi connectivity index (χ0) is 13.2. The Morgan fingerprint density at radius 3 is 2.74 bits per heavy atom. The first-order valence-electron chi connectivity index (χ1n) is 5.66. The quantitative estimate of drug-likeness (QED) is 0.731. The standard InChI is InChI=1S/C14H10BrN3O/c15-11-3-1-2-4-13(11)19-14-10-6-5-9(16)7-12(10)17-8-18-14/h1-8H,16H2. The molecule has 2 N–H and O–H groups in total. The molecule has 3 rings (SSSR count). The fourth-order valence-corrected chi connectivity index (χ4v) is 2.13. The minimum absolute atomic E-state index is 0.511. The van der Waals surface area contributed by atoms with Crippen molar-refractivity contribution in [2.24, 2.45) is 0 Å². The zero-order valence-electron chi connectivity index (χ0n) is 9.88. The van der Waals surface area contributed by atoms with Crippen LogP contribution in [0.4, 0.5) is 5.69 Å². The highest BCUT2D eigenvalue weighted by Crippen LogP contribution is 2.31. The fraction of sp³-hybridized carbons (Fsp3) is 0. The van der Waals surface area contributed by atoms with Gasteiger partial charge in [0.15, 0.2) is 0 Å². The first-order valence-corrected chi connectivity index (χ1v) is 6.46. The molecule has 0 bridgehead atoms. The highest BCUT2D eigenvalue weighted by atomic mass is 79.9. The monoisotopic (exact) mass is 315 g/mol. The van der Waals surface area contributed by atoms with Gasteiger partial charge in [-0.05, 0) is 46.3 Å². The van der Waals surface area contributed by atoms with E-state index in [1.165, 1.54) is 6.33 Å². The van der Waals surface area contributed by atoms with Crippen LogP contribution in [0.15, 0.2) is 53.3 Å². The number of hydrogen-bond acceptors (Lipinski definition) is 4. The number of aromatic nitrogens is 2. The molecular weight excluding hydrogens is 306 g/mol. The van der Waals surface area contributed by atoms with Gasteiger partial charge < -0.3 is 10.5 Å². The fourth-order valence-electron chi connectivity index (χ4n) is 1.76. The Labute approximate surface area is 118 Å². The summed E-state index contributed by atoms with van der Waals surface area (Å²) in [5.41, 5.74) is 7.17. The topological polar surface area (TPSA) is 61.0 Å². The predicted molar refractivity (Wildman–Crippen MR) is 78.2 cm³/mol. The second kappa shape index (κ2) is 4.85. The van der Waals surface area contributed by atoms with Crippen LogP contribution in [0.25, 0.3) is 10.9 Å². The third-order valence-corrected chi connectivity index (χ3v) is 3.32. The molecule has 5 heteroatoms. The van der Waals surface area contributed by atoms with Gasteiger partial charge in [0, 0.05) is 5.69 Å². The second-order valence-electron chi connectivity index (χ2n) is 3.99. The highest BCUT2D eigenvalue weighted by molar-refractivity contribution is 9.10.